The fraction of sp³-hybridized carbons (Fsp3) is 0.312. The van der Waals surface area contributed by atoms with Gasteiger partial charge >= 0.3 is 0 Å². The van der Waals surface area contributed by atoms with E-state index in [0.29, 0.717) is 19.5 Å². The Kier molecular flexibility index (Phi) is 4.68. The summed E-state index contributed by atoms with van der Waals surface area (Å²) in [6.45, 7) is 4.62. The number of nitrogens with zero attached hydrogens (tertiary/aromatic N) is 1. The lowest BCUT2D eigenvalue weighted by Gasteiger charge is -2.26. The molecule has 2 rings (SSSR count). The minimum absolute atomic E-state index is 0.0531. The van der Waals surface area contributed by atoms with E-state index in [4.69, 9.17) is 17.3 Å². The van der Waals surface area contributed by atoms with Crippen LogP contribution in [-0.4, -0.2) is 23.9 Å². The van der Waals surface area contributed by atoms with Crippen molar-refractivity contribution in [3.63, 3.8) is 0 Å². The summed E-state index contributed by atoms with van der Waals surface area (Å²) in [6, 6.07) is 3.01. The molecule has 0 radical (unpaired) electrons. The van der Waals surface area contributed by atoms with Crippen LogP contribution in [0, 0.1) is 12.7 Å². The quantitative estimate of drug-likeness (QED) is 0.911. The summed E-state index contributed by atoms with van der Waals surface area (Å²) in [5.41, 5.74) is 9.18. The van der Waals surface area contributed by atoms with Crippen molar-refractivity contribution in [2.24, 2.45) is 5.73 Å². The summed E-state index contributed by atoms with van der Waals surface area (Å²) in [7, 11) is 0. The van der Waals surface area contributed by atoms with Crippen molar-refractivity contribution in [2.45, 2.75) is 20.3 Å². The highest BCUT2D eigenvalue weighted by molar-refractivity contribution is 6.30. The Hall–Kier alpha value is -1.81. The van der Waals surface area contributed by atoms with Gasteiger partial charge in [-0.05, 0) is 42.2 Å². The predicted octanol–water partition coefficient (Wildman–Crippen LogP) is 3.27. The van der Waals surface area contributed by atoms with E-state index in [0.717, 1.165) is 22.3 Å². The highest BCUT2D eigenvalue weighted by Crippen LogP contribution is 2.31. The van der Waals surface area contributed by atoms with Crippen LogP contribution in [0.15, 0.2) is 30.0 Å². The van der Waals surface area contributed by atoms with Gasteiger partial charge in [-0.1, -0.05) is 17.7 Å². The number of aryl methyl sites for hydroxylation is 1. The van der Waals surface area contributed by atoms with Crippen molar-refractivity contribution in [1.29, 1.82) is 0 Å². The molecule has 3 nitrogen and oxygen atoms in total. The van der Waals surface area contributed by atoms with E-state index < -0.39 is 5.82 Å². The molecule has 1 amide bonds. The van der Waals surface area contributed by atoms with Crippen LogP contribution in [0.2, 0.25) is 5.02 Å². The maximum Gasteiger partial charge on any atom is 0.219 e. The van der Waals surface area contributed by atoms with E-state index in [9.17, 15) is 9.18 Å². The third-order valence-corrected chi connectivity index (χ3v) is 4.01. The van der Waals surface area contributed by atoms with Crippen molar-refractivity contribution in [3.8, 4) is 0 Å². The number of amides is 1. The number of hydrogen-bond acceptors (Lipinski definition) is 2. The topological polar surface area (TPSA) is 46.3 Å². The van der Waals surface area contributed by atoms with Gasteiger partial charge in [0.1, 0.15) is 5.82 Å². The molecular weight excluding hydrogens is 291 g/mol. The number of hydrogen-bond donors (Lipinski definition) is 1. The zero-order valence-corrected chi connectivity index (χ0v) is 12.9. The van der Waals surface area contributed by atoms with Crippen molar-refractivity contribution in [2.75, 3.05) is 13.1 Å². The van der Waals surface area contributed by atoms with Crippen molar-refractivity contribution in [1.82, 2.24) is 4.90 Å². The van der Waals surface area contributed by atoms with Crippen LogP contribution in [0.25, 0.3) is 5.57 Å². The Balaban J connectivity index is 2.34. The normalized spacial score (nSPS) is 15.9. The van der Waals surface area contributed by atoms with E-state index in [-0.39, 0.29) is 10.9 Å². The molecule has 0 aliphatic carbocycles. The summed E-state index contributed by atoms with van der Waals surface area (Å²) >= 11 is 5.79. The molecule has 1 aliphatic heterocycles. The number of halogens is 2. The lowest BCUT2D eigenvalue weighted by molar-refractivity contribution is -0.128. The molecule has 0 aromatic heterocycles. The zero-order chi connectivity index (χ0) is 15.6. The Morgan fingerprint density at radius 1 is 1.48 bits per heavy atom. The Labute approximate surface area is 128 Å². The van der Waals surface area contributed by atoms with Gasteiger partial charge in [0.25, 0.3) is 0 Å². The van der Waals surface area contributed by atoms with Crippen LogP contribution >= 0.6 is 11.6 Å². The molecule has 0 saturated heterocycles. The largest absolute Gasteiger partial charge is 0.404 e. The maximum atomic E-state index is 13.7. The second-order valence-electron chi connectivity index (χ2n) is 5.11. The lowest BCUT2D eigenvalue weighted by Crippen LogP contribution is -2.33. The molecule has 1 aromatic rings. The SMILES string of the molecule is CC(=O)N1CC=C(/C(=C/N)c2cc(F)c(Cl)cc2C)CC1. The number of benzene rings is 1. The standard InChI is InChI=1S/C16H18ClFN2O/c1-10-7-15(17)16(18)8-13(10)14(9-19)12-3-5-20(6-4-12)11(2)21/h3,7-9H,4-6,19H2,1-2H3/b14-9-. The van der Waals surface area contributed by atoms with Crippen LogP contribution in [0.5, 0.6) is 0 Å². The van der Waals surface area contributed by atoms with E-state index >= 15 is 0 Å². The molecule has 0 fully saturated rings. The van der Waals surface area contributed by atoms with Gasteiger partial charge in [0, 0.05) is 31.8 Å². The highest BCUT2D eigenvalue weighted by atomic mass is 35.5. The molecule has 0 unspecified atom stereocenters. The number of rotatable bonds is 2. The average Bonchev–Trinajstić information content (AvgIpc) is 2.45. The van der Waals surface area contributed by atoms with Crippen LogP contribution in [-0.2, 0) is 4.79 Å². The third kappa shape index (κ3) is 3.27. The van der Waals surface area contributed by atoms with Crippen molar-refractivity contribution >= 4 is 23.1 Å². The smallest absolute Gasteiger partial charge is 0.219 e. The monoisotopic (exact) mass is 308 g/mol. The molecule has 0 saturated carbocycles. The van der Waals surface area contributed by atoms with Crippen molar-refractivity contribution in [3.05, 3.63) is 51.9 Å². The van der Waals surface area contributed by atoms with Crippen molar-refractivity contribution < 1.29 is 9.18 Å². The lowest BCUT2D eigenvalue weighted by atomic mass is 9.91. The molecule has 1 heterocycles. The molecule has 21 heavy (non-hydrogen) atoms. The second kappa shape index (κ2) is 6.31. The average molecular weight is 309 g/mol. The molecule has 112 valence electrons. The molecular formula is C16H18ClFN2O. The van der Waals surface area contributed by atoms with Gasteiger partial charge in [0.05, 0.1) is 5.02 Å². The summed E-state index contributed by atoms with van der Waals surface area (Å²) in [4.78, 5) is 13.1. The second-order valence-corrected chi connectivity index (χ2v) is 5.51. The summed E-state index contributed by atoms with van der Waals surface area (Å²) in [6.07, 6.45) is 4.16. The van der Waals surface area contributed by atoms with Crippen LogP contribution in [0.4, 0.5) is 4.39 Å². The number of carbonyl (C=O) groups is 1. The zero-order valence-electron chi connectivity index (χ0n) is 12.1. The molecule has 1 aromatic carbocycles. The van der Waals surface area contributed by atoms with Gasteiger partial charge in [-0.15, -0.1) is 0 Å². The number of allylic oxidation sites excluding steroid dienone is 1. The van der Waals surface area contributed by atoms with Gasteiger partial charge < -0.3 is 10.6 Å². The van der Waals surface area contributed by atoms with Crippen LogP contribution in [0.1, 0.15) is 24.5 Å². The number of nitrogens with two attached hydrogens (primary N) is 1. The first-order valence-electron chi connectivity index (χ1n) is 6.77. The minimum Gasteiger partial charge on any atom is -0.404 e. The fourth-order valence-electron chi connectivity index (χ4n) is 2.51. The molecule has 0 bridgehead atoms. The molecule has 0 spiro atoms. The first-order chi connectivity index (χ1) is 9.93. The van der Waals surface area contributed by atoms with E-state index in [1.807, 2.05) is 13.0 Å². The summed E-state index contributed by atoms with van der Waals surface area (Å²) < 4.78 is 13.7. The van der Waals surface area contributed by atoms with Gasteiger partial charge in [-0.25, -0.2) is 4.39 Å². The Morgan fingerprint density at radius 2 is 2.19 bits per heavy atom. The Bertz CT molecular complexity index is 637. The predicted molar refractivity (Wildman–Crippen MR) is 83.3 cm³/mol. The minimum atomic E-state index is -0.460. The van der Waals surface area contributed by atoms with E-state index in [1.165, 1.54) is 12.3 Å². The fourth-order valence-corrected chi connectivity index (χ4v) is 2.72. The van der Waals surface area contributed by atoms with Gasteiger partial charge in [-0.2, -0.15) is 0 Å². The van der Waals surface area contributed by atoms with Gasteiger partial charge in [-0.3, -0.25) is 4.79 Å². The number of carbonyl (C=O) groups excluding carboxylic acids is 1. The maximum absolute atomic E-state index is 13.7. The summed E-state index contributed by atoms with van der Waals surface area (Å²) in [5, 5.41) is 0.105. The first kappa shape index (κ1) is 15.6. The Morgan fingerprint density at radius 3 is 2.71 bits per heavy atom. The highest BCUT2D eigenvalue weighted by Gasteiger charge is 2.18. The van der Waals surface area contributed by atoms with E-state index in [2.05, 4.69) is 0 Å². The van der Waals surface area contributed by atoms with Gasteiger partial charge in [0.15, 0.2) is 0 Å². The summed E-state index contributed by atoms with van der Waals surface area (Å²) in [5.74, 6) is -0.407. The first-order valence-corrected chi connectivity index (χ1v) is 7.14. The molecule has 5 heteroatoms. The van der Waals surface area contributed by atoms with Crippen LogP contribution < -0.4 is 5.73 Å². The van der Waals surface area contributed by atoms with E-state index in [1.54, 1.807) is 17.9 Å². The molecule has 2 N–H and O–H groups in total. The molecule has 0 atom stereocenters. The molecule has 1 aliphatic rings. The van der Waals surface area contributed by atoms with Gasteiger partial charge in [0.2, 0.25) is 5.91 Å². The third-order valence-electron chi connectivity index (χ3n) is 3.72. The van der Waals surface area contributed by atoms with Crippen LogP contribution in [0.3, 0.4) is 0 Å².